The zero-order valence-electron chi connectivity index (χ0n) is 15.0. The van der Waals surface area contributed by atoms with E-state index >= 15 is 0 Å². The van der Waals surface area contributed by atoms with E-state index in [1.165, 1.54) is 36.8 Å². The molecule has 1 heterocycles. The monoisotopic (exact) mass is 360 g/mol. The van der Waals surface area contributed by atoms with Gasteiger partial charge in [0.2, 0.25) is 5.91 Å². The summed E-state index contributed by atoms with van der Waals surface area (Å²) in [6.07, 6.45) is 10.4. The van der Waals surface area contributed by atoms with Crippen LogP contribution in [0.3, 0.4) is 0 Å². The number of hydrogen-bond donors (Lipinski definition) is 1. The van der Waals surface area contributed by atoms with Crippen LogP contribution in [-0.2, 0) is 11.3 Å². The van der Waals surface area contributed by atoms with Crippen molar-refractivity contribution in [1.29, 1.82) is 0 Å². The van der Waals surface area contributed by atoms with Crippen molar-refractivity contribution in [3.05, 3.63) is 46.5 Å². The van der Waals surface area contributed by atoms with Crippen molar-refractivity contribution in [2.75, 3.05) is 19.6 Å². The number of allylic oxidation sites excluding steroid dienone is 1. The molecule has 0 unspecified atom stereocenters. The number of rotatable bonds is 6. The van der Waals surface area contributed by atoms with Crippen LogP contribution in [0.5, 0.6) is 0 Å². The quantitative estimate of drug-likeness (QED) is 0.754. The SMILES string of the molecule is O=C(NCCC1=CCCCC1)C1CCN(Cc2ccc(Cl)cc2)CC1. The first kappa shape index (κ1) is 18.5. The second-order valence-corrected chi connectivity index (χ2v) is 7.76. The van der Waals surface area contributed by atoms with Crippen LogP contribution >= 0.6 is 11.6 Å². The van der Waals surface area contributed by atoms with E-state index in [9.17, 15) is 4.79 Å². The Balaban J connectivity index is 1.35. The van der Waals surface area contributed by atoms with Crippen molar-refractivity contribution < 1.29 is 4.79 Å². The van der Waals surface area contributed by atoms with Crippen LogP contribution in [0, 0.1) is 5.92 Å². The molecule has 1 N–H and O–H groups in total. The van der Waals surface area contributed by atoms with Crippen molar-refractivity contribution in [2.45, 2.75) is 51.5 Å². The number of carbonyl (C=O) groups excluding carboxylic acids is 1. The molecule has 1 amide bonds. The number of piperidine rings is 1. The van der Waals surface area contributed by atoms with Crippen molar-refractivity contribution in [2.24, 2.45) is 5.92 Å². The molecule has 1 aromatic carbocycles. The molecular formula is C21H29ClN2O. The Morgan fingerprint density at radius 1 is 1.16 bits per heavy atom. The van der Waals surface area contributed by atoms with Crippen LogP contribution < -0.4 is 5.32 Å². The molecule has 1 aromatic rings. The molecule has 0 radical (unpaired) electrons. The predicted octanol–water partition coefficient (Wildman–Crippen LogP) is 4.56. The standard InChI is InChI=1S/C21H29ClN2O/c22-20-8-6-18(7-9-20)16-24-14-11-19(12-15-24)21(25)23-13-10-17-4-2-1-3-5-17/h4,6-9,19H,1-3,5,10-16H2,(H,23,25). The molecule has 4 heteroatoms. The number of carbonyl (C=O) groups is 1. The first-order valence-electron chi connectivity index (χ1n) is 9.63. The van der Waals surface area contributed by atoms with Gasteiger partial charge in [-0.2, -0.15) is 0 Å². The van der Waals surface area contributed by atoms with Gasteiger partial charge in [0.25, 0.3) is 0 Å². The summed E-state index contributed by atoms with van der Waals surface area (Å²) in [6.45, 7) is 3.73. The number of halogens is 1. The lowest BCUT2D eigenvalue weighted by Gasteiger charge is -2.31. The molecule has 1 saturated heterocycles. The fourth-order valence-electron chi connectivity index (χ4n) is 3.82. The lowest BCUT2D eigenvalue weighted by atomic mass is 9.95. The van der Waals surface area contributed by atoms with E-state index in [-0.39, 0.29) is 11.8 Å². The maximum Gasteiger partial charge on any atom is 0.223 e. The molecule has 0 saturated carbocycles. The smallest absolute Gasteiger partial charge is 0.223 e. The van der Waals surface area contributed by atoms with Crippen LogP contribution in [0.25, 0.3) is 0 Å². The maximum atomic E-state index is 12.4. The van der Waals surface area contributed by atoms with Crippen LogP contribution in [0.1, 0.15) is 50.5 Å². The molecule has 0 aromatic heterocycles. The van der Waals surface area contributed by atoms with Crippen molar-refractivity contribution in [3.8, 4) is 0 Å². The summed E-state index contributed by atoms with van der Waals surface area (Å²) in [4.78, 5) is 14.8. The summed E-state index contributed by atoms with van der Waals surface area (Å²) >= 11 is 5.94. The van der Waals surface area contributed by atoms with Crippen molar-refractivity contribution in [3.63, 3.8) is 0 Å². The lowest BCUT2D eigenvalue weighted by Crippen LogP contribution is -2.40. The van der Waals surface area contributed by atoms with E-state index in [1.54, 1.807) is 0 Å². The fraction of sp³-hybridized carbons (Fsp3) is 0.571. The molecule has 1 fully saturated rings. The van der Waals surface area contributed by atoms with Gasteiger partial charge in [0.05, 0.1) is 0 Å². The van der Waals surface area contributed by atoms with Gasteiger partial charge < -0.3 is 5.32 Å². The Morgan fingerprint density at radius 2 is 1.92 bits per heavy atom. The van der Waals surface area contributed by atoms with E-state index in [4.69, 9.17) is 11.6 Å². The number of nitrogens with one attached hydrogen (secondary N) is 1. The van der Waals surface area contributed by atoms with E-state index < -0.39 is 0 Å². The topological polar surface area (TPSA) is 32.3 Å². The minimum atomic E-state index is 0.182. The van der Waals surface area contributed by atoms with Gasteiger partial charge in [-0.05, 0) is 75.7 Å². The third kappa shape index (κ3) is 5.86. The Hall–Kier alpha value is -1.32. The van der Waals surface area contributed by atoms with Crippen molar-refractivity contribution in [1.82, 2.24) is 10.2 Å². The van der Waals surface area contributed by atoms with Gasteiger partial charge >= 0.3 is 0 Å². The van der Waals surface area contributed by atoms with Gasteiger partial charge in [-0.3, -0.25) is 9.69 Å². The zero-order valence-corrected chi connectivity index (χ0v) is 15.7. The highest BCUT2D eigenvalue weighted by molar-refractivity contribution is 6.30. The molecule has 0 spiro atoms. The van der Waals surface area contributed by atoms with Gasteiger partial charge in [0.1, 0.15) is 0 Å². The Labute approximate surface area is 156 Å². The highest BCUT2D eigenvalue weighted by atomic mass is 35.5. The molecule has 0 atom stereocenters. The second kappa shape index (κ2) is 9.40. The summed E-state index contributed by atoms with van der Waals surface area (Å²) in [6, 6.07) is 8.06. The Kier molecular flexibility index (Phi) is 6.94. The van der Waals surface area contributed by atoms with Crippen LogP contribution in [0.2, 0.25) is 5.02 Å². The van der Waals surface area contributed by atoms with Gasteiger partial charge in [-0.1, -0.05) is 35.4 Å². The number of nitrogens with zero attached hydrogens (tertiary/aromatic N) is 1. The summed E-state index contributed by atoms with van der Waals surface area (Å²) in [5, 5.41) is 3.94. The molecule has 3 nitrogen and oxygen atoms in total. The predicted molar refractivity (Wildman–Crippen MR) is 104 cm³/mol. The van der Waals surface area contributed by atoms with E-state index in [2.05, 4.69) is 28.4 Å². The molecule has 3 rings (SSSR count). The second-order valence-electron chi connectivity index (χ2n) is 7.33. The van der Waals surface area contributed by atoms with Gasteiger partial charge in [-0.15, -0.1) is 0 Å². The molecule has 1 aliphatic heterocycles. The minimum absolute atomic E-state index is 0.182. The van der Waals surface area contributed by atoms with Gasteiger partial charge in [-0.25, -0.2) is 0 Å². The summed E-state index contributed by atoms with van der Waals surface area (Å²) in [7, 11) is 0. The normalized spacial score (nSPS) is 19.5. The minimum Gasteiger partial charge on any atom is -0.356 e. The maximum absolute atomic E-state index is 12.4. The molecule has 2 aliphatic rings. The van der Waals surface area contributed by atoms with E-state index in [0.29, 0.717) is 0 Å². The van der Waals surface area contributed by atoms with Crippen LogP contribution in [-0.4, -0.2) is 30.4 Å². The first-order valence-corrected chi connectivity index (χ1v) is 10.0. The first-order chi connectivity index (χ1) is 12.2. The molecule has 136 valence electrons. The molecule has 1 aliphatic carbocycles. The summed E-state index contributed by atoms with van der Waals surface area (Å²) in [5.41, 5.74) is 2.82. The molecule has 25 heavy (non-hydrogen) atoms. The number of amides is 1. The number of hydrogen-bond acceptors (Lipinski definition) is 2. The number of benzene rings is 1. The highest BCUT2D eigenvalue weighted by Crippen LogP contribution is 2.21. The van der Waals surface area contributed by atoms with Gasteiger partial charge in [0, 0.05) is 24.0 Å². The zero-order chi connectivity index (χ0) is 17.5. The lowest BCUT2D eigenvalue weighted by molar-refractivity contribution is -0.126. The summed E-state index contributed by atoms with van der Waals surface area (Å²) in [5.74, 6) is 0.435. The fourth-order valence-corrected chi connectivity index (χ4v) is 3.95. The van der Waals surface area contributed by atoms with Crippen molar-refractivity contribution >= 4 is 17.5 Å². The third-order valence-electron chi connectivity index (χ3n) is 5.41. The van der Waals surface area contributed by atoms with Crippen LogP contribution in [0.4, 0.5) is 0 Å². The van der Waals surface area contributed by atoms with E-state index in [1.807, 2.05) is 12.1 Å². The largest absolute Gasteiger partial charge is 0.356 e. The Morgan fingerprint density at radius 3 is 2.60 bits per heavy atom. The third-order valence-corrected chi connectivity index (χ3v) is 5.66. The van der Waals surface area contributed by atoms with E-state index in [0.717, 1.165) is 50.5 Å². The van der Waals surface area contributed by atoms with Crippen LogP contribution in [0.15, 0.2) is 35.9 Å². The average molecular weight is 361 g/mol. The van der Waals surface area contributed by atoms with Gasteiger partial charge in [0.15, 0.2) is 0 Å². The molecule has 0 bridgehead atoms. The number of likely N-dealkylation sites (tertiary alicyclic amines) is 1. The Bertz CT molecular complexity index is 588. The highest BCUT2D eigenvalue weighted by Gasteiger charge is 2.24. The molecular weight excluding hydrogens is 332 g/mol. The average Bonchev–Trinajstić information content (AvgIpc) is 2.65. The summed E-state index contributed by atoms with van der Waals surface area (Å²) < 4.78 is 0.